The van der Waals surface area contributed by atoms with Crippen LogP contribution in [0.25, 0.3) is 0 Å². The molecular formula is C75H146O17P2. The molecule has 0 aliphatic heterocycles. The Bertz CT molecular complexity index is 1840. The summed E-state index contributed by atoms with van der Waals surface area (Å²) in [6.07, 6.45) is 51.4. The molecule has 0 heterocycles. The SMILES string of the molecule is CCCCCCCCCCCCCCCCCCCC(=O)O[C@H](COC(=O)CCCCCCCCCCCCCC(C)C)COP(=O)(O)OC[C@@H](O)COP(=O)(O)OC[C@@H](COC(=O)CCCCCCCCC(C)C)OC(=O)CCCCCCCCCCCCC(C)CC. The van der Waals surface area contributed by atoms with Crippen molar-refractivity contribution in [2.45, 2.75) is 401 Å². The minimum absolute atomic E-state index is 0.105. The molecule has 0 aliphatic rings. The molecule has 0 rings (SSSR count). The van der Waals surface area contributed by atoms with Crippen molar-refractivity contribution in [2.24, 2.45) is 17.8 Å². The average Bonchev–Trinajstić information content (AvgIpc) is 2.06. The molecule has 94 heavy (non-hydrogen) atoms. The molecule has 0 aromatic heterocycles. The van der Waals surface area contributed by atoms with Crippen LogP contribution in [0.5, 0.6) is 0 Å². The van der Waals surface area contributed by atoms with E-state index in [1.807, 2.05) is 0 Å². The predicted molar refractivity (Wildman–Crippen MR) is 381 cm³/mol. The quantitative estimate of drug-likeness (QED) is 0.0222. The van der Waals surface area contributed by atoms with E-state index >= 15 is 0 Å². The highest BCUT2D eigenvalue weighted by Gasteiger charge is 2.30. The van der Waals surface area contributed by atoms with E-state index in [4.69, 9.17) is 37.0 Å². The third-order valence-corrected chi connectivity index (χ3v) is 19.6. The summed E-state index contributed by atoms with van der Waals surface area (Å²) in [6, 6.07) is 0. The van der Waals surface area contributed by atoms with E-state index in [1.165, 1.54) is 186 Å². The molecule has 0 bridgehead atoms. The van der Waals surface area contributed by atoms with Crippen molar-refractivity contribution in [2.75, 3.05) is 39.6 Å². The molecule has 0 amide bonds. The van der Waals surface area contributed by atoms with Gasteiger partial charge in [0.2, 0.25) is 0 Å². The van der Waals surface area contributed by atoms with Gasteiger partial charge in [-0.25, -0.2) is 9.13 Å². The second kappa shape index (κ2) is 65.7. The van der Waals surface area contributed by atoms with Crippen LogP contribution in [0.4, 0.5) is 0 Å². The average molecular weight is 1380 g/mol. The summed E-state index contributed by atoms with van der Waals surface area (Å²) in [5.41, 5.74) is 0. The molecule has 0 spiro atoms. The lowest BCUT2D eigenvalue weighted by Gasteiger charge is -2.21. The van der Waals surface area contributed by atoms with Crippen LogP contribution in [0, 0.1) is 17.8 Å². The monoisotopic (exact) mass is 1380 g/mol. The van der Waals surface area contributed by atoms with Crippen molar-refractivity contribution in [3.05, 3.63) is 0 Å². The highest BCUT2D eigenvalue weighted by molar-refractivity contribution is 7.47. The number of ether oxygens (including phenoxy) is 4. The Morgan fingerprint density at radius 2 is 0.543 bits per heavy atom. The Morgan fingerprint density at radius 1 is 0.309 bits per heavy atom. The fraction of sp³-hybridized carbons (Fsp3) is 0.947. The molecule has 19 heteroatoms. The summed E-state index contributed by atoms with van der Waals surface area (Å²) < 4.78 is 68.5. The summed E-state index contributed by atoms with van der Waals surface area (Å²) >= 11 is 0. The second-order valence-corrected chi connectivity index (χ2v) is 31.1. The van der Waals surface area contributed by atoms with Crippen LogP contribution >= 0.6 is 15.6 Å². The van der Waals surface area contributed by atoms with Crippen molar-refractivity contribution in [1.29, 1.82) is 0 Å². The van der Waals surface area contributed by atoms with Crippen LogP contribution in [-0.2, 0) is 65.4 Å². The fourth-order valence-electron chi connectivity index (χ4n) is 11.4. The Balaban J connectivity index is 5.24. The Morgan fingerprint density at radius 3 is 0.809 bits per heavy atom. The minimum atomic E-state index is -4.96. The van der Waals surface area contributed by atoms with Crippen molar-refractivity contribution < 1.29 is 80.2 Å². The van der Waals surface area contributed by atoms with Gasteiger partial charge in [0.15, 0.2) is 12.2 Å². The zero-order valence-corrected chi connectivity index (χ0v) is 63.2. The molecule has 558 valence electrons. The highest BCUT2D eigenvalue weighted by Crippen LogP contribution is 2.45. The molecule has 6 atom stereocenters. The van der Waals surface area contributed by atoms with Crippen molar-refractivity contribution >= 4 is 39.5 Å². The van der Waals surface area contributed by atoms with Crippen LogP contribution in [0.3, 0.4) is 0 Å². The molecule has 3 unspecified atom stereocenters. The normalized spacial score (nSPS) is 14.4. The highest BCUT2D eigenvalue weighted by atomic mass is 31.2. The van der Waals surface area contributed by atoms with E-state index < -0.39 is 97.5 Å². The van der Waals surface area contributed by atoms with Crippen molar-refractivity contribution in [3.63, 3.8) is 0 Å². The summed E-state index contributed by atoms with van der Waals surface area (Å²) in [4.78, 5) is 72.7. The molecule has 3 N–H and O–H groups in total. The van der Waals surface area contributed by atoms with Crippen LogP contribution in [0.1, 0.15) is 382 Å². The van der Waals surface area contributed by atoms with Crippen molar-refractivity contribution in [1.82, 2.24) is 0 Å². The lowest BCUT2D eigenvalue weighted by Crippen LogP contribution is -2.30. The molecule has 0 fully saturated rings. The maximum atomic E-state index is 13.1. The summed E-state index contributed by atoms with van der Waals surface area (Å²) in [7, 11) is -9.91. The minimum Gasteiger partial charge on any atom is -0.462 e. The molecule has 0 aromatic rings. The van der Waals surface area contributed by atoms with Gasteiger partial charge in [0.25, 0.3) is 0 Å². The lowest BCUT2D eigenvalue weighted by atomic mass is 9.99. The topological polar surface area (TPSA) is 237 Å². The number of aliphatic hydroxyl groups excluding tert-OH is 1. The Hall–Kier alpha value is -1.94. The van der Waals surface area contributed by atoms with E-state index in [0.717, 1.165) is 108 Å². The first-order chi connectivity index (χ1) is 45.3. The van der Waals surface area contributed by atoms with E-state index in [-0.39, 0.29) is 25.7 Å². The van der Waals surface area contributed by atoms with Gasteiger partial charge in [0, 0.05) is 25.7 Å². The van der Waals surface area contributed by atoms with Gasteiger partial charge >= 0.3 is 39.5 Å². The van der Waals surface area contributed by atoms with Gasteiger partial charge in [-0.15, -0.1) is 0 Å². The summed E-state index contributed by atoms with van der Waals surface area (Å²) in [6.45, 7) is 11.8. The number of hydrogen-bond donors (Lipinski definition) is 3. The first-order valence-electron chi connectivity index (χ1n) is 38.9. The molecule has 0 saturated heterocycles. The van der Waals surface area contributed by atoms with Crippen LogP contribution in [0.15, 0.2) is 0 Å². The number of carbonyl (C=O) groups excluding carboxylic acids is 4. The number of rotatable bonds is 73. The van der Waals surface area contributed by atoms with Crippen LogP contribution in [0.2, 0.25) is 0 Å². The van der Waals surface area contributed by atoms with E-state index in [0.29, 0.717) is 31.6 Å². The van der Waals surface area contributed by atoms with Gasteiger partial charge < -0.3 is 33.8 Å². The first-order valence-corrected chi connectivity index (χ1v) is 41.9. The van der Waals surface area contributed by atoms with Gasteiger partial charge in [-0.3, -0.25) is 37.3 Å². The molecular weight excluding hydrogens is 1230 g/mol. The third kappa shape index (κ3) is 67.3. The second-order valence-electron chi connectivity index (χ2n) is 28.2. The maximum absolute atomic E-state index is 13.1. The number of hydrogen-bond acceptors (Lipinski definition) is 15. The van der Waals surface area contributed by atoms with Gasteiger partial charge in [-0.05, 0) is 43.4 Å². The first kappa shape index (κ1) is 92.1. The van der Waals surface area contributed by atoms with Gasteiger partial charge in [-0.2, -0.15) is 0 Å². The summed E-state index contributed by atoms with van der Waals surface area (Å²) in [5.74, 6) is 0.133. The number of unbranched alkanes of at least 4 members (excludes halogenated alkanes) is 40. The van der Waals surface area contributed by atoms with Crippen LogP contribution in [-0.4, -0.2) is 96.7 Å². The molecule has 17 nitrogen and oxygen atoms in total. The Kier molecular flexibility index (Phi) is 64.3. The standard InChI is InChI=1S/C75H146O17P2/c1-8-10-11-12-13-14-15-16-17-18-19-20-23-30-35-44-51-58-74(79)91-70(62-85-72(77)56-49-42-34-29-24-21-22-27-32-39-46-53-66(3)4)64-89-93(81,82)87-60-69(76)61-88-94(83,84)90-65-71(63-86-73(78)57-50-43-38-37-40-47-54-67(5)6)92-75(80)59-52-45-36-31-26-25-28-33-41-48-55-68(7)9-2/h66-71,76H,8-65H2,1-7H3,(H,81,82)(H,83,84)/t68?,69-,70-,71-/m1/s1. The van der Waals surface area contributed by atoms with Crippen molar-refractivity contribution in [3.8, 4) is 0 Å². The molecule has 0 radical (unpaired) electrons. The molecule has 0 aromatic carbocycles. The van der Waals surface area contributed by atoms with E-state index in [1.54, 1.807) is 0 Å². The van der Waals surface area contributed by atoms with E-state index in [2.05, 4.69) is 48.5 Å². The lowest BCUT2D eigenvalue weighted by molar-refractivity contribution is -0.161. The van der Waals surface area contributed by atoms with E-state index in [9.17, 15) is 43.2 Å². The largest absolute Gasteiger partial charge is 0.472 e. The number of phosphoric acid groups is 2. The summed E-state index contributed by atoms with van der Waals surface area (Å²) in [5, 5.41) is 10.6. The smallest absolute Gasteiger partial charge is 0.462 e. The Labute approximate surface area is 575 Å². The number of carbonyl (C=O) groups is 4. The molecule has 0 aliphatic carbocycles. The number of aliphatic hydroxyl groups is 1. The number of phosphoric ester groups is 2. The predicted octanol–water partition coefficient (Wildman–Crippen LogP) is 21.8. The number of esters is 4. The fourth-order valence-corrected chi connectivity index (χ4v) is 13.0. The van der Waals surface area contributed by atoms with Gasteiger partial charge in [0.1, 0.15) is 19.3 Å². The molecule has 0 saturated carbocycles. The third-order valence-electron chi connectivity index (χ3n) is 17.7. The maximum Gasteiger partial charge on any atom is 0.472 e. The van der Waals surface area contributed by atoms with Gasteiger partial charge in [0.05, 0.1) is 26.4 Å². The van der Waals surface area contributed by atoms with Gasteiger partial charge in [-0.1, -0.05) is 331 Å². The zero-order chi connectivity index (χ0) is 69.4. The zero-order valence-electron chi connectivity index (χ0n) is 61.4. The van der Waals surface area contributed by atoms with Crippen LogP contribution < -0.4 is 0 Å².